The van der Waals surface area contributed by atoms with E-state index in [1.165, 1.54) is 32.4 Å². The molecular weight excluding hydrogens is 210 g/mol. The third kappa shape index (κ3) is 2.81. The van der Waals surface area contributed by atoms with Crippen molar-refractivity contribution in [2.45, 2.75) is 39.2 Å². The second-order valence-corrected chi connectivity index (χ2v) is 5.17. The van der Waals surface area contributed by atoms with E-state index < -0.39 is 0 Å². The van der Waals surface area contributed by atoms with Crippen LogP contribution in [0.15, 0.2) is 24.3 Å². The maximum atomic E-state index is 9.88. The molecule has 2 rings (SSSR count). The van der Waals surface area contributed by atoms with Gasteiger partial charge < -0.3 is 5.11 Å². The predicted molar refractivity (Wildman–Crippen MR) is 71.1 cm³/mol. The molecule has 94 valence electrons. The van der Waals surface area contributed by atoms with Crippen molar-refractivity contribution in [1.82, 2.24) is 4.90 Å². The van der Waals surface area contributed by atoms with Gasteiger partial charge in [-0.25, -0.2) is 0 Å². The first-order chi connectivity index (χ1) is 8.22. The minimum atomic E-state index is 0.332. The number of phenols is 1. The summed E-state index contributed by atoms with van der Waals surface area (Å²) < 4.78 is 0. The lowest BCUT2D eigenvalue weighted by molar-refractivity contribution is 0.246. The minimum Gasteiger partial charge on any atom is -0.508 e. The standard InChI is InChI=1S/C15H23NO/c1-3-6-13-9-10-16(11-13)12(2)14-7-4-5-8-15(14)17/h4-5,7-8,12-13,17H,3,6,9-11H2,1-2H3. The van der Waals surface area contributed by atoms with Crippen LogP contribution >= 0.6 is 0 Å². The van der Waals surface area contributed by atoms with Gasteiger partial charge in [-0.15, -0.1) is 0 Å². The highest BCUT2D eigenvalue weighted by Crippen LogP contribution is 2.32. The van der Waals surface area contributed by atoms with Gasteiger partial charge in [0.1, 0.15) is 5.75 Å². The molecule has 0 saturated carbocycles. The summed E-state index contributed by atoms with van der Waals surface area (Å²) in [6.45, 7) is 6.81. The molecular formula is C15H23NO. The predicted octanol–water partition coefficient (Wildman–Crippen LogP) is 3.58. The van der Waals surface area contributed by atoms with Gasteiger partial charge in [-0.1, -0.05) is 31.5 Å². The zero-order valence-electron chi connectivity index (χ0n) is 10.9. The molecule has 1 fully saturated rings. The van der Waals surface area contributed by atoms with E-state index in [2.05, 4.69) is 18.7 Å². The quantitative estimate of drug-likeness (QED) is 0.859. The second kappa shape index (κ2) is 5.54. The van der Waals surface area contributed by atoms with E-state index >= 15 is 0 Å². The van der Waals surface area contributed by atoms with E-state index in [4.69, 9.17) is 0 Å². The fraction of sp³-hybridized carbons (Fsp3) is 0.600. The Morgan fingerprint density at radius 1 is 1.41 bits per heavy atom. The van der Waals surface area contributed by atoms with Crippen molar-refractivity contribution in [3.05, 3.63) is 29.8 Å². The molecule has 0 radical (unpaired) electrons. The molecule has 0 aliphatic carbocycles. The minimum absolute atomic E-state index is 0.332. The van der Waals surface area contributed by atoms with Crippen LogP contribution in [0.25, 0.3) is 0 Å². The summed E-state index contributed by atoms with van der Waals surface area (Å²) in [7, 11) is 0. The van der Waals surface area contributed by atoms with Crippen LogP contribution in [0.4, 0.5) is 0 Å². The van der Waals surface area contributed by atoms with Crippen LogP contribution in [-0.4, -0.2) is 23.1 Å². The third-order valence-corrected chi connectivity index (χ3v) is 3.95. The number of hydrogen-bond donors (Lipinski definition) is 1. The Bertz CT molecular complexity index is 364. The summed E-state index contributed by atoms with van der Waals surface area (Å²) in [6, 6.07) is 8.04. The zero-order valence-corrected chi connectivity index (χ0v) is 10.9. The molecule has 0 bridgehead atoms. The number of benzene rings is 1. The van der Waals surface area contributed by atoms with Crippen molar-refractivity contribution in [2.24, 2.45) is 5.92 Å². The number of phenolic OH excluding ortho intramolecular Hbond substituents is 1. The summed E-state index contributed by atoms with van der Waals surface area (Å²) in [5.74, 6) is 1.28. The molecule has 1 heterocycles. The molecule has 0 spiro atoms. The molecule has 1 saturated heterocycles. The van der Waals surface area contributed by atoms with Gasteiger partial charge in [-0.2, -0.15) is 0 Å². The summed E-state index contributed by atoms with van der Waals surface area (Å²) in [5, 5.41) is 9.88. The van der Waals surface area contributed by atoms with Gasteiger partial charge >= 0.3 is 0 Å². The Balaban J connectivity index is 2.02. The summed E-state index contributed by atoms with van der Waals surface area (Å²) in [6.07, 6.45) is 3.93. The Hall–Kier alpha value is -1.02. The van der Waals surface area contributed by atoms with Crippen LogP contribution in [0.2, 0.25) is 0 Å². The van der Waals surface area contributed by atoms with Gasteiger partial charge in [0.2, 0.25) is 0 Å². The third-order valence-electron chi connectivity index (χ3n) is 3.95. The largest absolute Gasteiger partial charge is 0.508 e. The molecule has 2 nitrogen and oxygen atoms in total. The number of likely N-dealkylation sites (tertiary alicyclic amines) is 1. The molecule has 0 aromatic heterocycles. The van der Waals surface area contributed by atoms with Crippen LogP contribution in [-0.2, 0) is 0 Å². The van der Waals surface area contributed by atoms with E-state index in [1.54, 1.807) is 6.07 Å². The molecule has 1 aliphatic rings. The van der Waals surface area contributed by atoms with Crippen LogP contribution in [0.1, 0.15) is 44.7 Å². The van der Waals surface area contributed by atoms with E-state index in [1.807, 2.05) is 18.2 Å². The summed E-state index contributed by atoms with van der Waals surface area (Å²) in [5.41, 5.74) is 1.06. The fourth-order valence-corrected chi connectivity index (χ4v) is 2.90. The fourth-order valence-electron chi connectivity index (χ4n) is 2.90. The monoisotopic (exact) mass is 233 g/mol. The first-order valence-corrected chi connectivity index (χ1v) is 6.74. The van der Waals surface area contributed by atoms with Crippen LogP contribution in [0.3, 0.4) is 0 Å². The SMILES string of the molecule is CCCC1CCN(C(C)c2ccccc2O)C1. The van der Waals surface area contributed by atoms with Gasteiger partial charge in [-0.3, -0.25) is 4.90 Å². The topological polar surface area (TPSA) is 23.5 Å². The van der Waals surface area contributed by atoms with Gasteiger partial charge in [0.05, 0.1) is 0 Å². The van der Waals surface area contributed by atoms with Gasteiger partial charge in [0, 0.05) is 18.2 Å². The van der Waals surface area contributed by atoms with E-state index in [9.17, 15) is 5.11 Å². The Morgan fingerprint density at radius 2 is 2.18 bits per heavy atom. The van der Waals surface area contributed by atoms with E-state index in [0.29, 0.717) is 11.8 Å². The number of nitrogens with zero attached hydrogens (tertiary/aromatic N) is 1. The molecule has 1 aromatic carbocycles. The highest BCUT2D eigenvalue weighted by atomic mass is 16.3. The maximum absolute atomic E-state index is 9.88. The van der Waals surface area contributed by atoms with Crippen molar-refractivity contribution < 1.29 is 5.11 Å². The van der Waals surface area contributed by atoms with Crippen molar-refractivity contribution >= 4 is 0 Å². The van der Waals surface area contributed by atoms with Crippen LogP contribution < -0.4 is 0 Å². The maximum Gasteiger partial charge on any atom is 0.120 e. The van der Waals surface area contributed by atoms with Crippen LogP contribution in [0, 0.1) is 5.92 Å². The lowest BCUT2D eigenvalue weighted by atomic mass is 10.0. The highest BCUT2D eigenvalue weighted by molar-refractivity contribution is 5.34. The van der Waals surface area contributed by atoms with Crippen molar-refractivity contribution in [3.63, 3.8) is 0 Å². The molecule has 2 heteroatoms. The van der Waals surface area contributed by atoms with Crippen LogP contribution in [0.5, 0.6) is 5.75 Å². The smallest absolute Gasteiger partial charge is 0.120 e. The van der Waals surface area contributed by atoms with Crippen molar-refractivity contribution in [3.8, 4) is 5.75 Å². The van der Waals surface area contributed by atoms with Gasteiger partial charge in [0.15, 0.2) is 0 Å². The van der Waals surface area contributed by atoms with E-state index in [-0.39, 0.29) is 0 Å². The molecule has 2 unspecified atom stereocenters. The molecule has 1 N–H and O–H groups in total. The number of aromatic hydroxyl groups is 1. The lowest BCUT2D eigenvalue weighted by Crippen LogP contribution is -2.24. The number of rotatable bonds is 4. The lowest BCUT2D eigenvalue weighted by Gasteiger charge is -2.25. The Labute approximate surface area is 104 Å². The second-order valence-electron chi connectivity index (χ2n) is 5.17. The van der Waals surface area contributed by atoms with E-state index in [0.717, 1.165) is 11.5 Å². The Kier molecular flexibility index (Phi) is 4.06. The molecule has 2 atom stereocenters. The summed E-state index contributed by atoms with van der Waals surface area (Å²) in [4.78, 5) is 2.50. The first kappa shape index (κ1) is 12.4. The summed E-state index contributed by atoms with van der Waals surface area (Å²) >= 11 is 0. The van der Waals surface area contributed by atoms with Gasteiger partial charge in [-0.05, 0) is 38.3 Å². The normalized spacial score (nSPS) is 22.8. The average molecular weight is 233 g/mol. The number of hydrogen-bond acceptors (Lipinski definition) is 2. The molecule has 0 amide bonds. The average Bonchev–Trinajstić information content (AvgIpc) is 2.78. The van der Waals surface area contributed by atoms with Crippen molar-refractivity contribution in [2.75, 3.05) is 13.1 Å². The highest BCUT2D eigenvalue weighted by Gasteiger charge is 2.26. The first-order valence-electron chi connectivity index (χ1n) is 6.74. The molecule has 17 heavy (non-hydrogen) atoms. The molecule has 1 aliphatic heterocycles. The zero-order chi connectivity index (χ0) is 12.3. The van der Waals surface area contributed by atoms with Crippen molar-refractivity contribution in [1.29, 1.82) is 0 Å². The van der Waals surface area contributed by atoms with Gasteiger partial charge in [0.25, 0.3) is 0 Å². The Morgan fingerprint density at radius 3 is 2.88 bits per heavy atom. The number of para-hydroxylation sites is 1. The molecule has 1 aromatic rings.